The number of anilines is 1. The third-order valence-corrected chi connectivity index (χ3v) is 5.15. The maximum atomic E-state index is 12.3. The average molecular weight is 376 g/mol. The summed E-state index contributed by atoms with van der Waals surface area (Å²) < 4.78 is 32.4. The molecule has 2 aromatic carbocycles. The van der Waals surface area contributed by atoms with E-state index < -0.39 is 15.9 Å². The fourth-order valence-electron chi connectivity index (χ4n) is 2.54. The van der Waals surface area contributed by atoms with Gasteiger partial charge in [-0.15, -0.1) is 0 Å². The van der Waals surface area contributed by atoms with Crippen LogP contribution in [-0.4, -0.2) is 27.5 Å². The minimum Gasteiger partial charge on any atom is -0.492 e. The van der Waals surface area contributed by atoms with Crippen molar-refractivity contribution >= 4 is 21.6 Å². The Kier molecular flexibility index (Phi) is 6.76. The molecule has 0 aromatic heterocycles. The van der Waals surface area contributed by atoms with Crippen molar-refractivity contribution in [3.63, 3.8) is 0 Å². The quantitative estimate of drug-likeness (QED) is 0.742. The minimum atomic E-state index is -3.63. The standard InChI is InChI=1S/C19H24N2O4S/c1-4-25-18-11-6-5-10-17(18)21-19(22)12-20-26(23,24)13-16-14(2)8-7-9-15(16)3/h5-11,20H,4,12-13H2,1-3H3,(H,21,22). The molecule has 0 spiro atoms. The number of aryl methyl sites for hydroxylation is 2. The number of hydrogen-bond acceptors (Lipinski definition) is 4. The van der Waals surface area contributed by atoms with Crippen molar-refractivity contribution < 1.29 is 17.9 Å². The number of nitrogens with one attached hydrogen (secondary N) is 2. The monoisotopic (exact) mass is 376 g/mol. The Morgan fingerprint density at radius 2 is 1.69 bits per heavy atom. The van der Waals surface area contributed by atoms with E-state index in [1.165, 1.54) is 0 Å². The predicted octanol–water partition coefficient (Wildman–Crippen LogP) is 2.76. The highest BCUT2D eigenvalue weighted by Gasteiger charge is 2.16. The molecule has 7 heteroatoms. The highest BCUT2D eigenvalue weighted by atomic mass is 32.2. The molecule has 0 radical (unpaired) electrons. The average Bonchev–Trinajstić information content (AvgIpc) is 2.59. The van der Waals surface area contributed by atoms with Gasteiger partial charge in [0.1, 0.15) is 5.75 Å². The Bertz CT molecular complexity index is 859. The van der Waals surface area contributed by atoms with E-state index in [0.29, 0.717) is 18.0 Å². The number of hydrogen-bond donors (Lipinski definition) is 2. The lowest BCUT2D eigenvalue weighted by molar-refractivity contribution is -0.115. The van der Waals surface area contributed by atoms with Gasteiger partial charge in [-0.2, -0.15) is 0 Å². The maximum absolute atomic E-state index is 12.3. The van der Waals surface area contributed by atoms with Crippen LogP contribution in [0.3, 0.4) is 0 Å². The van der Waals surface area contributed by atoms with Crippen molar-refractivity contribution in [2.75, 3.05) is 18.5 Å². The zero-order valence-electron chi connectivity index (χ0n) is 15.2. The van der Waals surface area contributed by atoms with Crippen LogP contribution in [0, 0.1) is 13.8 Å². The number of amides is 1. The van der Waals surface area contributed by atoms with E-state index in [0.717, 1.165) is 16.7 Å². The summed E-state index contributed by atoms with van der Waals surface area (Å²) in [5.41, 5.74) is 3.08. The van der Waals surface area contributed by atoms with Crippen LogP contribution in [0.15, 0.2) is 42.5 Å². The van der Waals surface area contributed by atoms with E-state index in [4.69, 9.17) is 4.74 Å². The summed E-state index contributed by atoms with van der Waals surface area (Å²) in [5.74, 6) is -0.0714. The van der Waals surface area contributed by atoms with Gasteiger partial charge in [-0.25, -0.2) is 13.1 Å². The topological polar surface area (TPSA) is 84.5 Å². The molecule has 2 aromatic rings. The lowest BCUT2D eigenvalue weighted by Crippen LogP contribution is -2.34. The van der Waals surface area contributed by atoms with Crippen molar-refractivity contribution in [1.82, 2.24) is 4.72 Å². The second kappa shape index (κ2) is 8.82. The van der Waals surface area contributed by atoms with Gasteiger partial charge in [-0.1, -0.05) is 30.3 Å². The zero-order chi connectivity index (χ0) is 19.2. The van der Waals surface area contributed by atoms with Crippen molar-refractivity contribution in [3.05, 3.63) is 59.2 Å². The van der Waals surface area contributed by atoms with Crippen molar-refractivity contribution in [2.45, 2.75) is 26.5 Å². The number of sulfonamides is 1. The van der Waals surface area contributed by atoms with Crippen LogP contribution >= 0.6 is 0 Å². The molecule has 0 fully saturated rings. The largest absolute Gasteiger partial charge is 0.492 e. The molecule has 0 aliphatic carbocycles. The first kappa shape index (κ1) is 19.9. The number of rotatable bonds is 8. The first-order valence-corrected chi connectivity index (χ1v) is 10.0. The van der Waals surface area contributed by atoms with Crippen LogP contribution in [0.2, 0.25) is 0 Å². The Balaban J connectivity index is 1.98. The number of carbonyl (C=O) groups is 1. The molecule has 2 N–H and O–H groups in total. The van der Waals surface area contributed by atoms with E-state index in [2.05, 4.69) is 10.0 Å². The van der Waals surface area contributed by atoms with Gasteiger partial charge < -0.3 is 10.1 Å². The molecule has 0 bridgehead atoms. The smallest absolute Gasteiger partial charge is 0.239 e. The summed E-state index contributed by atoms with van der Waals surface area (Å²) in [4.78, 5) is 12.1. The summed E-state index contributed by atoms with van der Waals surface area (Å²) in [6.45, 7) is 5.72. The van der Waals surface area contributed by atoms with Crippen LogP contribution in [0.25, 0.3) is 0 Å². The molecule has 140 valence electrons. The van der Waals surface area contributed by atoms with E-state index in [-0.39, 0.29) is 12.3 Å². The molecule has 2 rings (SSSR count). The molecular formula is C19H24N2O4S. The summed E-state index contributed by atoms with van der Waals surface area (Å²) in [5, 5.41) is 2.66. The first-order valence-electron chi connectivity index (χ1n) is 8.36. The maximum Gasteiger partial charge on any atom is 0.239 e. The number of carbonyl (C=O) groups excluding carboxylic acids is 1. The molecule has 0 aliphatic heterocycles. The van der Waals surface area contributed by atoms with Crippen LogP contribution < -0.4 is 14.8 Å². The molecule has 0 saturated heterocycles. The van der Waals surface area contributed by atoms with Crippen LogP contribution in [0.4, 0.5) is 5.69 Å². The second-order valence-electron chi connectivity index (χ2n) is 5.93. The molecule has 0 aliphatic rings. The third kappa shape index (κ3) is 5.57. The molecule has 26 heavy (non-hydrogen) atoms. The van der Waals surface area contributed by atoms with Crippen LogP contribution in [0.1, 0.15) is 23.6 Å². The van der Waals surface area contributed by atoms with E-state index in [1.807, 2.05) is 39.0 Å². The fraction of sp³-hybridized carbons (Fsp3) is 0.316. The molecule has 0 heterocycles. The van der Waals surface area contributed by atoms with E-state index >= 15 is 0 Å². The predicted molar refractivity (Wildman–Crippen MR) is 103 cm³/mol. The first-order chi connectivity index (χ1) is 12.3. The Labute approximate surface area is 154 Å². The van der Waals surface area contributed by atoms with Gasteiger partial charge >= 0.3 is 0 Å². The van der Waals surface area contributed by atoms with Gasteiger partial charge in [-0.3, -0.25) is 4.79 Å². The Hall–Kier alpha value is -2.38. The van der Waals surface area contributed by atoms with Crippen molar-refractivity contribution in [1.29, 1.82) is 0 Å². The zero-order valence-corrected chi connectivity index (χ0v) is 16.0. The number of ether oxygens (including phenoxy) is 1. The van der Waals surface area contributed by atoms with Crippen molar-refractivity contribution in [3.8, 4) is 5.75 Å². The molecule has 6 nitrogen and oxygen atoms in total. The van der Waals surface area contributed by atoms with Gasteiger partial charge in [0, 0.05) is 0 Å². The van der Waals surface area contributed by atoms with Crippen LogP contribution in [-0.2, 0) is 20.6 Å². The minimum absolute atomic E-state index is 0.158. The Morgan fingerprint density at radius 3 is 2.35 bits per heavy atom. The molecule has 0 saturated carbocycles. The molecule has 0 atom stereocenters. The van der Waals surface area contributed by atoms with Gasteiger partial charge in [0.2, 0.25) is 15.9 Å². The highest BCUT2D eigenvalue weighted by molar-refractivity contribution is 7.88. The highest BCUT2D eigenvalue weighted by Crippen LogP contribution is 2.23. The fourth-order valence-corrected chi connectivity index (χ4v) is 3.83. The number of benzene rings is 2. The van der Waals surface area contributed by atoms with E-state index in [9.17, 15) is 13.2 Å². The normalized spacial score (nSPS) is 11.2. The number of para-hydroxylation sites is 2. The second-order valence-corrected chi connectivity index (χ2v) is 7.73. The third-order valence-electron chi connectivity index (χ3n) is 3.89. The molecular weight excluding hydrogens is 352 g/mol. The van der Waals surface area contributed by atoms with Gasteiger partial charge in [0.25, 0.3) is 0 Å². The van der Waals surface area contributed by atoms with Crippen LogP contribution in [0.5, 0.6) is 5.75 Å². The summed E-state index contributed by atoms with van der Waals surface area (Å²) in [6.07, 6.45) is 0. The van der Waals surface area contributed by atoms with Gasteiger partial charge in [0.15, 0.2) is 0 Å². The van der Waals surface area contributed by atoms with Crippen molar-refractivity contribution in [2.24, 2.45) is 0 Å². The summed E-state index contributed by atoms with van der Waals surface area (Å²) >= 11 is 0. The van der Waals surface area contributed by atoms with Gasteiger partial charge in [-0.05, 0) is 49.6 Å². The lowest BCUT2D eigenvalue weighted by Gasteiger charge is -2.13. The summed E-state index contributed by atoms with van der Waals surface area (Å²) in [6, 6.07) is 12.6. The molecule has 1 amide bonds. The van der Waals surface area contributed by atoms with Gasteiger partial charge in [0.05, 0.1) is 24.6 Å². The Morgan fingerprint density at radius 1 is 1.04 bits per heavy atom. The molecule has 0 unspecified atom stereocenters. The summed E-state index contributed by atoms with van der Waals surface area (Å²) in [7, 11) is -3.63. The SMILES string of the molecule is CCOc1ccccc1NC(=O)CNS(=O)(=O)Cc1c(C)cccc1C. The van der Waals surface area contributed by atoms with E-state index in [1.54, 1.807) is 24.3 Å². The lowest BCUT2D eigenvalue weighted by atomic mass is 10.1.